The zero-order valence-electron chi connectivity index (χ0n) is 12.0. The Balaban J connectivity index is 1.79. The second-order valence-corrected chi connectivity index (χ2v) is 6.00. The molecule has 2 aliphatic rings. The van der Waals surface area contributed by atoms with Gasteiger partial charge >= 0.3 is 0 Å². The van der Waals surface area contributed by atoms with Crippen LogP contribution in [-0.2, 0) is 0 Å². The number of hydrogen-bond donors (Lipinski definition) is 1. The van der Waals surface area contributed by atoms with E-state index in [2.05, 4.69) is 42.3 Å². The minimum absolute atomic E-state index is 0.289. The predicted octanol–water partition coefficient (Wildman–Crippen LogP) is 2.58. The summed E-state index contributed by atoms with van der Waals surface area (Å²) in [6, 6.07) is 6.53. The van der Waals surface area contributed by atoms with Gasteiger partial charge in [0.2, 0.25) is 0 Å². The van der Waals surface area contributed by atoms with E-state index in [1.807, 2.05) is 0 Å². The molecule has 1 unspecified atom stereocenters. The molecule has 0 radical (unpaired) electrons. The minimum atomic E-state index is 0.289. The summed E-state index contributed by atoms with van der Waals surface area (Å²) in [4.78, 5) is 2.53. The average Bonchev–Trinajstić information content (AvgIpc) is 2.41. The fraction of sp³-hybridized carbons (Fsp3) is 0.625. The monoisotopic (exact) mass is 260 g/mol. The number of rotatable bonds is 2. The van der Waals surface area contributed by atoms with Gasteiger partial charge in [-0.15, -0.1) is 0 Å². The maximum atomic E-state index is 5.95. The van der Waals surface area contributed by atoms with E-state index in [0.29, 0.717) is 0 Å². The van der Waals surface area contributed by atoms with E-state index in [1.165, 1.54) is 43.7 Å². The molecule has 3 rings (SSSR count). The molecule has 0 saturated carbocycles. The van der Waals surface area contributed by atoms with Crippen LogP contribution < -0.4 is 15.0 Å². The van der Waals surface area contributed by atoms with Crippen molar-refractivity contribution in [2.24, 2.45) is 5.92 Å². The standard InChI is InChI=1S/C16H24N2O/c1-12-3-4-16-15(9-12)18(10-13(2)19-16)11-14-5-7-17-8-6-14/h3-4,9,13-14,17H,5-8,10-11H2,1-2H3. The van der Waals surface area contributed by atoms with Crippen LogP contribution in [0.15, 0.2) is 18.2 Å². The molecule has 0 bridgehead atoms. The summed E-state index contributed by atoms with van der Waals surface area (Å²) in [7, 11) is 0. The average molecular weight is 260 g/mol. The van der Waals surface area contributed by atoms with Crippen LogP contribution in [0.5, 0.6) is 5.75 Å². The molecule has 0 spiro atoms. The van der Waals surface area contributed by atoms with Crippen LogP contribution in [0.3, 0.4) is 0 Å². The molecule has 1 aromatic rings. The molecule has 1 N–H and O–H groups in total. The van der Waals surface area contributed by atoms with Crippen molar-refractivity contribution in [1.82, 2.24) is 5.32 Å². The van der Waals surface area contributed by atoms with Crippen LogP contribution >= 0.6 is 0 Å². The Labute approximate surface area is 115 Å². The van der Waals surface area contributed by atoms with Crippen LogP contribution in [0.25, 0.3) is 0 Å². The number of nitrogens with zero attached hydrogens (tertiary/aromatic N) is 1. The van der Waals surface area contributed by atoms with Crippen molar-refractivity contribution >= 4 is 5.69 Å². The molecule has 1 aromatic carbocycles. The SMILES string of the molecule is Cc1ccc2c(c1)N(CC1CCNCC1)CC(C)O2. The molecule has 104 valence electrons. The summed E-state index contributed by atoms with van der Waals surface area (Å²) < 4.78 is 5.95. The van der Waals surface area contributed by atoms with Gasteiger partial charge in [0.05, 0.1) is 12.2 Å². The number of benzene rings is 1. The molecule has 1 atom stereocenters. The first-order valence-corrected chi connectivity index (χ1v) is 7.45. The summed E-state index contributed by atoms with van der Waals surface area (Å²) in [5, 5.41) is 3.45. The summed E-state index contributed by atoms with van der Waals surface area (Å²) in [6.07, 6.45) is 2.89. The molecular formula is C16H24N2O. The molecule has 19 heavy (non-hydrogen) atoms. The van der Waals surface area contributed by atoms with E-state index in [1.54, 1.807) is 0 Å². The van der Waals surface area contributed by atoms with Crippen molar-refractivity contribution in [2.75, 3.05) is 31.1 Å². The van der Waals surface area contributed by atoms with E-state index >= 15 is 0 Å². The molecule has 2 aliphatic heterocycles. The lowest BCUT2D eigenvalue weighted by Gasteiger charge is -2.38. The highest BCUT2D eigenvalue weighted by Crippen LogP contribution is 2.35. The Morgan fingerprint density at radius 1 is 1.32 bits per heavy atom. The zero-order valence-corrected chi connectivity index (χ0v) is 12.0. The molecule has 0 amide bonds. The lowest BCUT2D eigenvalue weighted by Crippen LogP contribution is -2.43. The van der Waals surface area contributed by atoms with Crippen molar-refractivity contribution < 1.29 is 4.74 Å². The highest BCUT2D eigenvalue weighted by Gasteiger charge is 2.25. The Morgan fingerprint density at radius 3 is 2.89 bits per heavy atom. The van der Waals surface area contributed by atoms with Gasteiger partial charge < -0.3 is 15.0 Å². The third-order valence-corrected chi connectivity index (χ3v) is 4.20. The van der Waals surface area contributed by atoms with E-state index in [4.69, 9.17) is 4.74 Å². The van der Waals surface area contributed by atoms with Crippen LogP contribution in [-0.4, -0.2) is 32.3 Å². The normalized spacial score (nSPS) is 23.9. The summed E-state index contributed by atoms with van der Waals surface area (Å²) in [6.45, 7) is 8.85. The highest BCUT2D eigenvalue weighted by molar-refractivity contribution is 5.61. The molecule has 0 aliphatic carbocycles. The van der Waals surface area contributed by atoms with E-state index in [-0.39, 0.29) is 6.10 Å². The lowest BCUT2D eigenvalue weighted by atomic mass is 9.96. The number of anilines is 1. The number of piperidine rings is 1. The van der Waals surface area contributed by atoms with Crippen molar-refractivity contribution in [3.8, 4) is 5.75 Å². The van der Waals surface area contributed by atoms with E-state index in [9.17, 15) is 0 Å². The van der Waals surface area contributed by atoms with Gasteiger partial charge in [0, 0.05) is 6.54 Å². The molecule has 3 nitrogen and oxygen atoms in total. The Bertz CT molecular complexity index is 440. The Hall–Kier alpha value is -1.22. The molecule has 3 heteroatoms. The van der Waals surface area contributed by atoms with Gasteiger partial charge in [-0.3, -0.25) is 0 Å². The third kappa shape index (κ3) is 2.86. The van der Waals surface area contributed by atoms with Crippen LogP contribution in [0.4, 0.5) is 5.69 Å². The number of aryl methyl sites for hydroxylation is 1. The first-order chi connectivity index (χ1) is 9.22. The second kappa shape index (κ2) is 5.41. The first-order valence-electron chi connectivity index (χ1n) is 7.45. The van der Waals surface area contributed by atoms with Crippen LogP contribution in [0.1, 0.15) is 25.3 Å². The van der Waals surface area contributed by atoms with Crippen LogP contribution in [0, 0.1) is 12.8 Å². The topological polar surface area (TPSA) is 24.5 Å². The number of ether oxygens (including phenoxy) is 1. The Morgan fingerprint density at radius 2 is 2.11 bits per heavy atom. The van der Waals surface area contributed by atoms with Crippen molar-refractivity contribution in [2.45, 2.75) is 32.8 Å². The maximum absolute atomic E-state index is 5.95. The molecular weight excluding hydrogens is 236 g/mol. The van der Waals surface area contributed by atoms with Gasteiger partial charge in [0.15, 0.2) is 0 Å². The summed E-state index contributed by atoms with van der Waals surface area (Å²) in [5.41, 5.74) is 2.60. The first kappa shape index (κ1) is 12.8. The van der Waals surface area contributed by atoms with Crippen molar-refractivity contribution in [3.05, 3.63) is 23.8 Å². The van der Waals surface area contributed by atoms with Gasteiger partial charge in [-0.25, -0.2) is 0 Å². The van der Waals surface area contributed by atoms with Gasteiger partial charge in [-0.1, -0.05) is 6.07 Å². The van der Waals surface area contributed by atoms with Gasteiger partial charge in [0.25, 0.3) is 0 Å². The molecule has 0 aromatic heterocycles. The molecule has 2 heterocycles. The highest BCUT2D eigenvalue weighted by atomic mass is 16.5. The smallest absolute Gasteiger partial charge is 0.143 e. The lowest BCUT2D eigenvalue weighted by molar-refractivity contribution is 0.208. The fourth-order valence-corrected chi connectivity index (χ4v) is 3.19. The summed E-state index contributed by atoms with van der Waals surface area (Å²) in [5.74, 6) is 1.87. The van der Waals surface area contributed by atoms with Gasteiger partial charge in [0.1, 0.15) is 11.9 Å². The largest absolute Gasteiger partial charge is 0.487 e. The van der Waals surface area contributed by atoms with E-state index < -0.39 is 0 Å². The number of fused-ring (bicyclic) bond motifs is 1. The number of nitrogens with one attached hydrogen (secondary N) is 1. The quantitative estimate of drug-likeness (QED) is 0.884. The van der Waals surface area contributed by atoms with Gasteiger partial charge in [-0.05, 0) is 63.4 Å². The zero-order chi connectivity index (χ0) is 13.2. The van der Waals surface area contributed by atoms with E-state index in [0.717, 1.165) is 18.2 Å². The van der Waals surface area contributed by atoms with Gasteiger partial charge in [-0.2, -0.15) is 0 Å². The number of hydrogen-bond acceptors (Lipinski definition) is 3. The second-order valence-electron chi connectivity index (χ2n) is 6.00. The maximum Gasteiger partial charge on any atom is 0.143 e. The van der Waals surface area contributed by atoms with Crippen molar-refractivity contribution in [1.29, 1.82) is 0 Å². The molecule has 1 fully saturated rings. The third-order valence-electron chi connectivity index (χ3n) is 4.20. The van der Waals surface area contributed by atoms with Crippen molar-refractivity contribution in [3.63, 3.8) is 0 Å². The fourth-order valence-electron chi connectivity index (χ4n) is 3.19. The summed E-state index contributed by atoms with van der Waals surface area (Å²) >= 11 is 0. The Kier molecular flexibility index (Phi) is 3.65. The molecule has 1 saturated heterocycles. The minimum Gasteiger partial charge on any atom is -0.487 e. The predicted molar refractivity (Wildman–Crippen MR) is 79.1 cm³/mol. The van der Waals surface area contributed by atoms with Crippen LogP contribution in [0.2, 0.25) is 0 Å².